The highest BCUT2D eigenvalue weighted by Gasteiger charge is 2.31. The van der Waals surface area contributed by atoms with Gasteiger partial charge in [-0.2, -0.15) is 0 Å². The number of para-hydroxylation sites is 1. The number of hydrogen-bond donors (Lipinski definition) is 0. The Balaban J connectivity index is 1.40. The molecule has 8 heteroatoms. The van der Waals surface area contributed by atoms with Crippen molar-refractivity contribution in [1.82, 2.24) is 24.5 Å². The van der Waals surface area contributed by atoms with E-state index in [4.69, 9.17) is 16.6 Å². The molecule has 0 spiro atoms. The quantitative estimate of drug-likeness (QED) is 0.341. The van der Waals surface area contributed by atoms with E-state index in [0.29, 0.717) is 30.5 Å². The Morgan fingerprint density at radius 2 is 1.69 bits per heavy atom. The zero-order chi connectivity index (χ0) is 24.8. The van der Waals surface area contributed by atoms with Crippen molar-refractivity contribution in [3.63, 3.8) is 0 Å². The number of piperazine rings is 1. The van der Waals surface area contributed by atoms with Crippen LogP contribution in [0, 0.1) is 6.92 Å². The van der Waals surface area contributed by atoms with E-state index in [2.05, 4.69) is 22.0 Å². The Labute approximate surface area is 214 Å². The lowest BCUT2D eigenvalue weighted by Gasteiger charge is -2.40. The highest BCUT2D eigenvalue weighted by atomic mass is 35.5. The highest BCUT2D eigenvalue weighted by Crippen LogP contribution is 2.30. The molecule has 0 saturated carbocycles. The van der Waals surface area contributed by atoms with E-state index in [1.165, 1.54) is 0 Å². The van der Waals surface area contributed by atoms with Crippen molar-refractivity contribution in [1.29, 1.82) is 0 Å². The Kier molecular flexibility index (Phi) is 5.57. The second kappa shape index (κ2) is 8.91. The molecule has 1 amide bonds. The average molecular weight is 497 g/mol. The fourth-order valence-electron chi connectivity index (χ4n) is 4.87. The molecule has 2 aromatic heterocycles. The molecule has 0 N–H and O–H groups in total. The molecular formula is C28H25ClN6O. The topological polar surface area (TPSA) is 66.6 Å². The van der Waals surface area contributed by atoms with Gasteiger partial charge >= 0.3 is 0 Å². The molecular weight excluding hydrogens is 472 g/mol. The first-order valence-electron chi connectivity index (χ1n) is 12.0. The third kappa shape index (κ3) is 3.85. The van der Waals surface area contributed by atoms with Crippen molar-refractivity contribution in [3.8, 4) is 11.4 Å². The van der Waals surface area contributed by atoms with Crippen LogP contribution in [0.15, 0.2) is 72.8 Å². The van der Waals surface area contributed by atoms with E-state index in [1.807, 2.05) is 89.0 Å². The van der Waals surface area contributed by atoms with Crippen LogP contribution in [-0.2, 0) is 0 Å². The summed E-state index contributed by atoms with van der Waals surface area (Å²) in [5.41, 5.74) is 4.39. The van der Waals surface area contributed by atoms with Gasteiger partial charge in [0.1, 0.15) is 0 Å². The van der Waals surface area contributed by atoms with Gasteiger partial charge in [0, 0.05) is 47.2 Å². The van der Waals surface area contributed by atoms with Crippen molar-refractivity contribution < 1.29 is 4.79 Å². The number of anilines is 1. The molecule has 36 heavy (non-hydrogen) atoms. The minimum absolute atomic E-state index is 0.00587. The van der Waals surface area contributed by atoms with Gasteiger partial charge in [-0.25, -0.2) is 9.38 Å². The van der Waals surface area contributed by atoms with Gasteiger partial charge in [-0.15, -0.1) is 10.2 Å². The number of amides is 1. The highest BCUT2D eigenvalue weighted by molar-refractivity contribution is 6.30. The first-order valence-corrected chi connectivity index (χ1v) is 12.4. The third-order valence-corrected chi connectivity index (χ3v) is 7.05. The Hall–Kier alpha value is -3.97. The van der Waals surface area contributed by atoms with Gasteiger partial charge in [-0.05, 0) is 62.4 Å². The third-order valence-electron chi connectivity index (χ3n) is 6.80. The summed E-state index contributed by atoms with van der Waals surface area (Å²) >= 11 is 6.13. The van der Waals surface area contributed by atoms with Crippen LogP contribution in [0.5, 0.6) is 0 Å². The average Bonchev–Trinajstić information content (AvgIpc) is 3.34. The van der Waals surface area contributed by atoms with Gasteiger partial charge in [0.25, 0.3) is 5.91 Å². The second-order valence-electron chi connectivity index (χ2n) is 9.28. The van der Waals surface area contributed by atoms with Crippen molar-refractivity contribution in [3.05, 3.63) is 88.9 Å². The monoisotopic (exact) mass is 496 g/mol. The molecule has 1 saturated heterocycles. The van der Waals surface area contributed by atoms with Crippen LogP contribution in [-0.4, -0.2) is 56.1 Å². The molecule has 1 atom stereocenters. The van der Waals surface area contributed by atoms with E-state index in [1.54, 1.807) is 0 Å². The van der Waals surface area contributed by atoms with E-state index >= 15 is 0 Å². The molecule has 1 aliphatic rings. The van der Waals surface area contributed by atoms with E-state index < -0.39 is 0 Å². The van der Waals surface area contributed by atoms with Gasteiger partial charge in [-0.1, -0.05) is 41.4 Å². The standard InChI is InChI=1S/C28H25ClN6O/c1-18-7-9-21(10-8-18)27(36)34-16-15-33(17-19(34)2)28-30-24-6-4-3-5-23(24)26-32-31-25(35(26)28)20-11-13-22(29)14-12-20/h3-14,19H,15-17H2,1-2H3. The number of rotatable bonds is 3. The minimum Gasteiger partial charge on any atom is -0.338 e. The maximum atomic E-state index is 13.2. The van der Waals surface area contributed by atoms with Crippen LogP contribution in [0.4, 0.5) is 5.95 Å². The lowest BCUT2D eigenvalue weighted by Crippen LogP contribution is -2.54. The number of aromatic nitrogens is 4. The van der Waals surface area contributed by atoms with Gasteiger partial charge in [0.05, 0.1) is 5.52 Å². The van der Waals surface area contributed by atoms with Crippen molar-refractivity contribution in [2.45, 2.75) is 19.9 Å². The molecule has 3 heterocycles. The lowest BCUT2D eigenvalue weighted by atomic mass is 10.1. The number of aryl methyl sites for hydroxylation is 1. The predicted molar refractivity (Wildman–Crippen MR) is 143 cm³/mol. The van der Waals surface area contributed by atoms with Crippen LogP contribution in [0.25, 0.3) is 27.9 Å². The van der Waals surface area contributed by atoms with E-state index in [0.717, 1.165) is 39.2 Å². The first-order chi connectivity index (χ1) is 17.5. The normalized spacial score (nSPS) is 16.1. The van der Waals surface area contributed by atoms with Crippen LogP contribution >= 0.6 is 11.6 Å². The van der Waals surface area contributed by atoms with Gasteiger partial charge in [0.2, 0.25) is 5.95 Å². The SMILES string of the molecule is Cc1ccc(C(=O)N2CCN(c3nc4ccccc4c4nnc(-c5ccc(Cl)cc5)n34)CC2C)cc1. The summed E-state index contributed by atoms with van der Waals surface area (Å²) in [6.45, 7) is 6.01. The van der Waals surface area contributed by atoms with E-state index in [9.17, 15) is 4.79 Å². The molecule has 5 aromatic rings. The maximum Gasteiger partial charge on any atom is 0.254 e. The van der Waals surface area contributed by atoms with Crippen molar-refractivity contribution in [2.75, 3.05) is 24.5 Å². The molecule has 7 nitrogen and oxygen atoms in total. The van der Waals surface area contributed by atoms with Gasteiger partial charge in [-0.3, -0.25) is 4.79 Å². The number of hydrogen-bond acceptors (Lipinski definition) is 5. The molecule has 0 bridgehead atoms. The number of halogens is 1. The Morgan fingerprint density at radius 1 is 0.944 bits per heavy atom. The van der Waals surface area contributed by atoms with Gasteiger partial charge < -0.3 is 9.80 Å². The molecule has 0 aliphatic carbocycles. The van der Waals surface area contributed by atoms with Crippen molar-refractivity contribution >= 4 is 40.0 Å². The zero-order valence-electron chi connectivity index (χ0n) is 20.1. The molecule has 180 valence electrons. The Bertz CT molecular complexity index is 1580. The number of benzene rings is 3. The molecule has 0 radical (unpaired) electrons. The molecule has 1 unspecified atom stereocenters. The summed E-state index contributed by atoms with van der Waals surface area (Å²) in [6.07, 6.45) is 0. The lowest BCUT2D eigenvalue weighted by molar-refractivity contribution is 0.0673. The van der Waals surface area contributed by atoms with Crippen LogP contribution < -0.4 is 4.90 Å². The number of fused-ring (bicyclic) bond motifs is 3. The Morgan fingerprint density at radius 3 is 2.44 bits per heavy atom. The second-order valence-corrected chi connectivity index (χ2v) is 9.71. The van der Waals surface area contributed by atoms with Crippen LogP contribution in [0.2, 0.25) is 5.02 Å². The number of nitrogens with zero attached hydrogens (tertiary/aromatic N) is 6. The first kappa shape index (κ1) is 22.5. The summed E-state index contributed by atoms with van der Waals surface area (Å²) in [6, 6.07) is 23.3. The largest absolute Gasteiger partial charge is 0.338 e. The molecule has 1 aliphatic heterocycles. The van der Waals surface area contributed by atoms with Crippen LogP contribution in [0.1, 0.15) is 22.8 Å². The van der Waals surface area contributed by atoms with Gasteiger partial charge in [0.15, 0.2) is 11.5 Å². The minimum atomic E-state index is 0.00587. The molecule has 3 aromatic carbocycles. The summed E-state index contributed by atoms with van der Waals surface area (Å²) in [4.78, 5) is 22.5. The number of carbonyl (C=O) groups excluding carboxylic acids is 1. The molecule has 1 fully saturated rings. The van der Waals surface area contributed by atoms with E-state index in [-0.39, 0.29) is 11.9 Å². The molecule has 6 rings (SSSR count). The summed E-state index contributed by atoms with van der Waals surface area (Å²) < 4.78 is 2.02. The maximum absolute atomic E-state index is 13.2. The summed E-state index contributed by atoms with van der Waals surface area (Å²) in [5, 5.41) is 10.7. The summed E-state index contributed by atoms with van der Waals surface area (Å²) in [5.74, 6) is 1.54. The number of carbonyl (C=O) groups is 1. The fraction of sp³-hybridized carbons (Fsp3) is 0.214. The zero-order valence-corrected chi connectivity index (χ0v) is 20.9. The fourth-order valence-corrected chi connectivity index (χ4v) is 4.99. The smallest absolute Gasteiger partial charge is 0.254 e. The summed E-state index contributed by atoms with van der Waals surface area (Å²) in [7, 11) is 0. The van der Waals surface area contributed by atoms with Crippen LogP contribution in [0.3, 0.4) is 0 Å². The van der Waals surface area contributed by atoms with Crippen molar-refractivity contribution in [2.24, 2.45) is 0 Å². The predicted octanol–water partition coefficient (Wildman–Crippen LogP) is 5.26.